The van der Waals surface area contributed by atoms with Gasteiger partial charge in [0.15, 0.2) is 0 Å². The van der Waals surface area contributed by atoms with Crippen LogP contribution in [0.15, 0.2) is 18.2 Å². The molecular weight excluding hydrogens is 269 g/mol. The van der Waals surface area contributed by atoms with Gasteiger partial charge in [0.05, 0.1) is 6.10 Å². The zero-order valence-corrected chi connectivity index (χ0v) is 11.8. The number of benzene rings is 1. The molecule has 2 rings (SSSR count). The van der Waals surface area contributed by atoms with Crippen LogP contribution in [0.2, 0.25) is 10.0 Å². The Balaban J connectivity index is 2.10. The molecule has 2 unspecified atom stereocenters. The summed E-state index contributed by atoms with van der Waals surface area (Å²) in [6, 6.07) is 5.37. The summed E-state index contributed by atoms with van der Waals surface area (Å²) in [5.41, 5.74) is 6.69. The van der Waals surface area contributed by atoms with Crippen molar-refractivity contribution in [1.29, 1.82) is 0 Å². The summed E-state index contributed by atoms with van der Waals surface area (Å²) < 4.78 is 0. The highest BCUT2D eigenvalue weighted by atomic mass is 35.5. The van der Waals surface area contributed by atoms with Crippen LogP contribution in [0.25, 0.3) is 0 Å². The minimum Gasteiger partial charge on any atom is -0.392 e. The molecule has 0 bridgehead atoms. The van der Waals surface area contributed by atoms with Crippen molar-refractivity contribution in [2.24, 2.45) is 11.7 Å². The molecule has 0 amide bonds. The van der Waals surface area contributed by atoms with E-state index in [9.17, 15) is 5.11 Å². The molecule has 100 valence electrons. The summed E-state index contributed by atoms with van der Waals surface area (Å²) in [5, 5.41) is 11.5. The zero-order valence-electron chi connectivity index (χ0n) is 10.3. The summed E-state index contributed by atoms with van der Waals surface area (Å²) in [5.74, 6) is 0.551. The Labute approximate surface area is 118 Å². The highest BCUT2D eigenvalue weighted by Crippen LogP contribution is 2.36. The van der Waals surface area contributed by atoms with Crippen molar-refractivity contribution < 1.29 is 5.11 Å². The van der Waals surface area contributed by atoms with Crippen LogP contribution in [0, 0.1) is 5.92 Å². The van der Waals surface area contributed by atoms with E-state index in [1.165, 1.54) is 19.3 Å². The fourth-order valence-corrected chi connectivity index (χ4v) is 3.08. The largest absolute Gasteiger partial charge is 0.392 e. The molecule has 0 heterocycles. The summed E-state index contributed by atoms with van der Waals surface area (Å²) >= 11 is 12.1. The SMILES string of the molecule is NCC(c1ccc(Cl)cc1Cl)C(O)CC1CCC1. The third-order valence-corrected chi connectivity index (χ3v) is 4.44. The van der Waals surface area contributed by atoms with Crippen molar-refractivity contribution in [3.8, 4) is 0 Å². The molecule has 18 heavy (non-hydrogen) atoms. The fraction of sp³-hybridized carbons (Fsp3) is 0.571. The highest BCUT2D eigenvalue weighted by Gasteiger charge is 2.27. The van der Waals surface area contributed by atoms with Crippen LogP contribution in [0.4, 0.5) is 0 Å². The van der Waals surface area contributed by atoms with Gasteiger partial charge in [-0.1, -0.05) is 48.5 Å². The highest BCUT2D eigenvalue weighted by molar-refractivity contribution is 6.35. The number of hydrogen-bond donors (Lipinski definition) is 2. The van der Waals surface area contributed by atoms with Crippen LogP contribution in [0.3, 0.4) is 0 Å². The molecule has 1 aliphatic carbocycles. The first-order valence-corrected chi connectivity index (χ1v) is 7.20. The first-order valence-electron chi connectivity index (χ1n) is 6.45. The Kier molecular flexibility index (Phi) is 4.91. The lowest BCUT2D eigenvalue weighted by atomic mass is 9.78. The predicted octanol–water partition coefficient (Wildman–Crippen LogP) is 3.59. The number of aliphatic hydroxyl groups is 1. The molecule has 0 radical (unpaired) electrons. The summed E-state index contributed by atoms with van der Waals surface area (Å²) in [6.07, 6.45) is 4.14. The van der Waals surface area contributed by atoms with E-state index in [1.807, 2.05) is 6.07 Å². The van der Waals surface area contributed by atoms with Gasteiger partial charge in [-0.3, -0.25) is 0 Å². The molecule has 1 fully saturated rings. The standard InChI is InChI=1S/C14H19Cl2NO/c15-10-4-5-11(13(16)7-10)12(8-17)14(18)6-9-2-1-3-9/h4-5,7,9,12,14,18H,1-3,6,8,17H2. The number of rotatable bonds is 5. The molecule has 0 aromatic heterocycles. The lowest BCUT2D eigenvalue weighted by Crippen LogP contribution is -2.29. The molecule has 1 saturated carbocycles. The number of nitrogens with two attached hydrogens (primary N) is 1. The minimum absolute atomic E-state index is 0.102. The number of halogens is 2. The van der Waals surface area contributed by atoms with Crippen molar-refractivity contribution >= 4 is 23.2 Å². The van der Waals surface area contributed by atoms with Gasteiger partial charge in [0, 0.05) is 22.5 Å². The second-order valence-corrected chi connectivity index (χ2v) is 5.95. The fourth-order valence-electron chi connectivity index (χ4n) is 2.53. The van der Waals surface area contributed by atoms with E-state index in [0.29, 0.717) is 22.5 Å². The normalized spacial score (nSPS) is 19.3. The third-order valence-electron chi connectivity index (χ3n) is 3.88. The smallest absolute Gasteiger partial charge is 0.0624 e. The average Bonchev–Trinajstić information content (AvgIpc) is 2.27. The van der Waals surface area contributed by atoms with Gasteiger partial charge in [-0.05, 0) is 30.0 Å². The maximum absolute atomic E-state index is 10.3. The van der Waals surface area contributed by atoms with Crippen molar-refractivity contribution in [3.05, 3.63) is 33.8 Å². The molecule has 0 saturated heterocycles. The van der Waals surface area contributed by atoms with Crippen molar-refractivity contribution in [2.45, 2.75) is 37.7 Å². The van der Waals surface area contributed by atoms with E-state index in [2.05, 4.69) is 0 Å². The van der Waals surface area contributed by atoms with Crippen molar-refractivity contribution in [1.82, 2.24) is 0 Å². The van der Waals surface area contributed by atoms with Crippen molar-refractivity contribution in [2.75, 3.05) is 6.54 Å². The van der Waals surface area contributed by atoms with Crippen LogP contribution >= 0.6 is 23.2 Å². The van der Waals surface area contributed by atoms with Crippen molar-refractivity contribution in [3.63, 3.8) is 0 Å². The lowest BCUT2D eigenvalue weighted by Gasteiger charge is -2.31. The van der Waals surface area contributed by atoms with Crippen LogP contribution in [-0.2, 0) is 0 Å². The van der Waals surface area contributed by atoms with Gasteiger partial charge in [-0.2, -0.15) is 0 Å². The predicted molar refractivity (Wildman–Crippen MR) is 76.2 cm³/mol. The molecule has 1 aromatic carbocycles. The van der Waals surface area contributed by atoms with Gasteiger partial charge in [0.1, 0.15) is 0 Å². The van der Waals surface area contributed by atoms with Gasteiger partial charge < -0.3 is 10.8 Å². The van der Waals surface area contributed by atoms with Crippen LogP contribution in [-0.4, -0.2) is 17.8 Å². The van der Waals surface area contributed by atoms with Gasteiger partial charge in [0.25, 0.3) is 0 Å². The van der Waals surface area contributed by atoms with Crippen LogP contribution in [0.5, 0.6) is 0 Å². The van der Waals surface area contributed by atoms with E-state index < -0.39 is 6.10 Å². The maximum atomic E-state index is 10.3. The third kappa shape index (κ3) is 3.18. The number of aliphatic hydroxyl groups excluding tert-OH is 1. The molecule has 0 spiro atoms. The molecule has 1 aromatic rings. The summed E-state index contributed by atoms with van der Waals surface area (Å²) in [7, 11) is 0. The quantitative estimate of drug-likeness (QED) is 0.869. The molecule has 3 N–H and O–H groups in total. The Morgan fingerprint density at radius 2 is 2.06 bits per heavy atom. The minimum atomic E-state index is -0.418. The van der Waals surface area contributed by atoms with Crippen LogP contribution in [0.1, 0.15) is 37.2 Å². The zero-order chi connectivity index (χ0) is 13.1. The molecular formula is C14H19Cl2NO. The number of hydrogen-bond acceptors (Lipinski definition) is 2. The second-order valence-electron chi connectivity index (χ2n) is 5.11. The lowest BCUT2D eigenvalue weighted by molar-refractivity contribution is 0.0951. The van der Waals surface area contributed by atoms with Crippen LogP contribution < -0.4 is 5.73 Å². The molecule has 0 aliphatic heterocycles. The summed E-state index contributed by atoms with van der Waals surface area (Å²) in [6.45, 7) is 0.398. The van der Waals surface area contributed by atoms with Gasteiger partial charge >= 0.3 is 0 Å². The average molecular weight is 288 g/mol. The summed E-state index contributed by atoms with van der Waals surface area (Å²) in [4.78, 5) is 0. The van der Waals surface area contributed by atoms with Gasteiger partial charge in [-0.15, -0.1) is 0 Å². The van der Waals surface area contributed by atoms with E-state index in [-0.39, 0.29) is 5.92 Å². The Morgan fingerprint density at radius 3 is 2.56 bits per heavy atom. The van der Waals surface area contributed by atoms with E-state index in [1.54, 1.807) is 12.1 Å². The van der Waals surface area contributed by atoms with E-state index in [4.69, 9.17) is 28.9 Å². The topological polar surface area (TPSA) is 46.2 Å². The van der Waals surface area contributed by atoms with Gasteiger partial charge in [-0.25, -0.2) is 0 Å². The molecule has 2 atom stereocenters. The maximum Gasteiger partial charge on any atom is 0.0624 e. The Hall–Kier alpha value is -0.280. The first kappa shape index (κ1) is 14.1. The molecule has 2 nitrogen and oxygen atoms in total. The monoisotopic (exact) mass is 287 g/mol. The van der Waals surface area contributed by atoms with E-state index in [0.717, 1.165) is 12.0 Å². The Morgan fingerprint density at radius 1 is 1.33 bits per heavy atom. The van der Waals surface area contributed by atoms with E-state index >= 15 is 0 Å². The molecule has 1 aliphatic rings. The Bertz CT molecular complexity index is 407. The first-order chi connectivity index (χ1) is 8.61. The molecule has 4 heteroatoms. The second kappa shape index (κ2) is 6.25. The van der Waals surface area contributed by atoms with Gasteiger partial charge in [0.2, 0.25) is 0 Å².